The van der Waals surface area contributed by atoms with Crippen LogP contribution in [0, 0.1) is 5.92 Å². The number of benzene rings is 1. The van der Waals surface area contributed by atoms with Gasteiger partial charge >= 0.3 is 0 Å². The first-order valence-corrected chi connectivity index (χ1v) is 11.9. The van der Waals surface area contributed by atoms with Crippen molar-refractivity contribution in [3.8, 4) is 5.75 Å². The monoisotopic (exact) mass is 425 g/mol. The second-order valence-electron chi connectivity index (χ2n) is 7.32. The highest BCUT2D eigenvalue weighted by Gasteiger charge is 2.33. The van der Waals surface area contributed by atoms with E-state index in [0.717, 1.165) is 31.1 Å². The summed E-state index contributed by atoms with van der Waals surface area (Å²) in [6, 6.07) is 7.18. The molecule has 1 amide bonds. The van der Waals surface area contributed by atoms with E-state index in [-0.39, 0.29) is 30.5 Å². The van der Waals surface area contributed by atoms with Gasteiger partial charge in [0, 0.05) is 17.9 Å². The number of amides is 1. The lowest BCUT2D eigenvalue weighted by Gasteiger charge is -2.37. The molecule has 1 saturated heterocycles. The molecule has 1 aromatic carbocycles. The molecule has 0 radical (unpaired) electrons. The van der Waals surface area contributed by atoms with Crippen molar-refractivity contribution >= 4 is 15.9 Å². The molecule has 1 fully saturated rings. The Kier molecular flexibility index (Phi) is 9.13. The Morgan fingerprint density at radius 1 is 1.31 bits per heavy atom. The molecule has 2 N–H and O–H groups in total. The predicted octanol–water partition coefficient (Wildman–Crippen LogP) is 3.41. The summed E-state index contributed by atoms with van der Waals surface area (Å²) in [7, 11) is -3.52. The number of sulfonamides is 1. The van der Waals surface area contributed by atoms with Crippen LogP contribution in [0.15, 0.2) is 36.4 Å². The molecule has 29 heavy (non-hydrogen) atoms. The average molecular weight is 426 g/mol. The van der Waals surface area contributed by atoms with E-state index in [1.165, 1.54) is 0 Å². The van der Waals surface area contributed by atoms with E-state index < -0.39 is 15.9 Å². The average Bonchev–Trinajstić information content (AvgIpc) is 2.65. The molecule has 162 valence electrons. The van der Waals surface area contributed by atoms with Crippen LogP contribution < -0.4 is 4.72 Å². The molecule has 2 rings (SSSR count). The van der Waals surface area contributed by atoms with Gasteiger partial charge in [-0.05, 0) is 31.7 Å². The van der Waals surface area contributed by atoms with Crippen molar-refractivity contribution in [2.24, 2.45) is 5.92 Å². The summed E-state index contributed by atoms with van der Waals surface area (Å²) in [5.41, 5.74) is 0.753. The third-order valence-electron chi connectivity index (χ3n) is 4.70. The van der Waals surface area contributed by atoms with E-state index in [9.17, 15) is 18.3 Å². The number of nitrogens with one attached hydrogen (secondary N) is 1. The van der Waals surface area contributed by atoms with E-state index in [0.29, 0.717) is 19.4 Å². The number of aromatic hydroxyl groups is 1. The lowest BCUT2D eigenvalue weighted by Crippen LogP contribution is -2.34. The number of ether oxygens (including phenoxy) is 2. The maximum absolute atomic E-state index is 11.5. The second kappa shape index (κ2) is 11.3. The predicted molar refractivity (Wildman–Crippen MR) is 111 cm³/mol. The zero-order valence-corrected chi connectivity index (χ0v) is 17.9. The number of hydrogen-bond acceptors (Lipinski definition) is 6. The lowest BCUT2D eigenvalue weighted by molar-refractivity contribution is -0.241. The van der Waals surface area contributed by atoms with Gasteiger partial charge in [0.05, 0.1) is 19.0 Å². The Bertz CT molecular complexity index is 792. The minimum Gasteiger partial charge on any atom is -0.508 e. The SMILES string of the molecule is CCCCC1OCC(C/C=C\CCC(=O)NS(C)(=O)=O)C(c2ccccc2O)O1. The topological polar surface area (TPSA) is 102 Å². The molecule has 0 aliphatic carbocycles. The molecule has 1 aliphatic heterocycles. The Morgan fingerprint density at radius 3 is 2.76 bits per heavy atom. The van der Waals surface area contributed by atoms with Crippen molar-refractivity contribution < 1.29 is 27.8 Å². The van der Waals surface area contributed by atoms with E-state index in [4.69, 9.17) is 9.47 Å². The molecule has 3 unspecified atom stereocenters. The van der Waals surface area contributed by atoms with E-state index >= 15 is 0 Å². The smallest absolute Gasteiger partial charge is 0.233 e. The maximum Gasteiger partial charge on any atom is 0.233 e. The van der Waals surface area contributed by atoms with Crippen molar-refractivity contribution in [1.29, 1.82) is 0 Å². The number of phenolic OH excluding ortho intramolecular Hbond substituents is 1. The van der Waals surface area contributed by atoms with Crippen molar-refractivity contribution in [3.05, 3.63) is 42.0 Å². The van der Waals surface area contributed by atoms with Crippen LogP contribution in [0.3, 0.4) is 0 Å². The van der Waals surface area contributed by atoms with Crippen LogP contribution in [0.1, 0.15) is 57.1 Å². The van der Waals surface area contributed by atoms with E-state index in [1.807, 2.05) is 29.0 Å². The summed E-state index contributed by atoms with van der Waals surface area (Å²) < 4.78 is 36.0. The third kappa shape index (κ3) is 8.16. The van der Waals surface area contributed by atoms with Gasteiger partial charge in [-0.3, -0.25) is 9.52 Å². The van der Waals surface area contributed by atoms with Crippen LogP contribution in [-0.2, 0) is 24.3 Å². The maximum atomic E-state index is 11.5. The standard InChI is InChI=1S/C21H31NO6S/c1-3-4-14-20-27-15-16(21(28-20)17-11-8-9-12-18(17)23)10-6-5-7-13-19(24)22-29(2,25)26/h5-6,8-9,11-12,16,20-21,23H,3-4,7,10,13-15H2,1-2H3,(H,22,24)/b6-5-. The van der Waals surface area contributed by atoms with Gasteiger partial charge in [-0.25, -0.2) is 8.42 Å². The Labute approximate surface area is 173 Å². The first kappa shape index (κ1) is 23.4. The summed E-state index contributed by atoms with van der Waals surface area (Å²) in [5, 5.41) is 10.3. The fraction of sp³-hybridized carbons (Fsp3) is 0.571. The third-order valence-corrected chi connectivity index (χ3v) is 5.30. The molecule has 1 aromatic rings. The zero-order chi connectivity index (χ0) is 21.3. The Morgan fingerprint density at radius 2 is 2.07 bits per heavy atom. The highest BCUT2D eigenvalue weighted by atomic mass is 32.2. The number of unbranched alkanes of at least 4 members (excludes halogenated alkanes) is 1. The number of allylic oxidation sites excluding steroid dienone is 2. The molecule has 1 aliphatic rings. The summed E-state index contributed by atoms with van der Waals surface area (Å²) in [6.45, 7) is 2.64. The van der Waals surface area contributed by atoms with Crippen LogP contribution in [0.25, 0.3) is 0 Å². The van der Waals surface area contributed by atoms with Gasteiger partial charge in [0.25, 0.3) is 0 Å². The molecule has 0 bridgehead atoms. The molecule has 0 saturated carbocycles. The lowest BCUT2D eigenvalue weighted by atomic mass is 9.91. The fourth-order valence-corrected chi connectivity index (χ4v) is 3.78. The number of phenols is 1. The molecule has 0 spiro atoms. The minimum atomic E-state index is -3.52. The van der Waals surface area contributed by atoms with Crippen LogP contribution in [0.4, 0.5) is 0 Å². The summed E-state index contributed by atoms with van der Waals surface area (Å²) in [4.78, 5) is 11.5. The number of para-hydroxylation sites is 1. The van der Waals surface area contributed by atoms with Gasteiger partial charge in [-0.2, -0.15) is 0 Å². The van der Waals surface area contributed by atoms with Gasteiger partial charge in [0.15, 0.2) is 6.29 Å². The highest BCUT2D eigenvalue weighted by Crippen LogP contribution is 2.39. The number of carbonyl (C=O) groups is 1. The quantitative estimate of drug-likeness (QED) is 0.557. The van der Waals surface area contributed by atoms with Crippen molar-refractivity contribution in [1.82, 2.24) is 4.72 Å². The largest absolute Gasteiger partial charge is 0.508 e. The summed E-state index contributed by atoms with van der Waals surface area (Å²) in [5.74, 6) is -0.283. The van der Waals surface area contributed by atoms with Gasteiger partial charge in [-0.15, -0.1) is 0 Å². The van der Waals surface area contributed by atoms with Crippen LogP contribution in [-0.4, -0.2) is 38.6 Å². The van der Waals surface area contributed by atoms with Crippen LogP contribution in [0.5, 0.6) is 5.75 Å². The van der Waals surface area contributed by atoms with Gasteiger partial charge in [0.2, 0.25) is 15.9 Å². The van der Waals surface area contributed by atoms with Crippen LogP contribution >= 0.6 is 0 Å². The fourth-order valence-electron chi connectivity index (χ4n) is 3.26. The van der Waals surface area contributed by atoms with E-state index in [1.54, 1.807) is 12.1 Å². The molecule has 8 heteroatoms. The summed E-state index contributed by atoms with van der Waals surface area (Å²) in [6.07, 6.45) is 8.30. The van der Waals surface area contributed by atoms with Crippen molar-refractivity contribution in [2.75, 3.05) is 12.9 Å². The number of hydrogen-bond donors (Lipinski definition) is 2. The molecular formula is C21H31NO6S. The van der Waals surface area contributed by atoms with Gasteiger partial charge in [0.1, 0.15) is 5.75 Å². The first-order chi connectivity index (χ1) is 13.8. The Balaban J connectivity index is 1.94. The normalized spacial score (nSPS) is 22.6. The Hall–Kier alpha value is -1.90. The number of carbonyl (C=O) groups excluding carboxylic acids is 1. The molecule has 1 heterocycles. The van der Waals surface area contributed by atoms with E-state index in [2.05, 4.69) is 6.92 Å². The first-order valence-electron chi connectivity index (χ1n) is 10.0. The number of rotatable bonds is 10. The zero-order valence-electron chi connectivity index (χ0n) is 17.0. The molecule has 3 atom stereocenters. The van der Waals surface area contributed by atoms with Crippen molar-refractivity contribution in [2.45, 2.75) is 57.8 Å². The van der Waals surface area contributed by atoms with Gasteiger partial charge in [-0.1, -0.05) is 43.7 Å². The van der Waals surface area contributed by atoms with Gasteiger partial charge < -0.3 is 14.6 Å². The van der Waals surface area contributed by atoms with Crippen LogP contribution in [0.2, 0.25) is 0 Å². The molecule has 7 nitrogen and oxygen atoms in total. The minimum absolute atomic E-state index is 0.0299. The summed E-state index contributed by atoms with van der Waals surface area (Å²) >= 11 is 0. The second-order valence-corrected chi connectivity index (χ2v) is 9.07. The molecule has 0 aromatic heterocycles. The van der Waals surface area contributed by atoms with Crippen molar-refractivity contribution in [3.63, 3.8) is 0 Å². The molecular weight excluding hydrogens is 394 g/mol. The highest BCUT2D eigenvalue weighted by molar-refractivity contribution is 7.89.